The molecule has 0 aliphatic heterocycles. The smallest absolute Gasteiger partial charge is 0.225 e. The third-order valence-electron chi connectivity index (χ3n) is 7.74. The lowest BCUT2D eigenvalue weighted by atomic mass is 9.86. The second-order valence-corrected chi connectivity index (χ2v) is 10.9. The van der Waals surface area contributed by atoms with Crippen LogP contribution in [0.25, 0.3) is 10.9 Å². The van der Waals surface area contributed by atoms with E-state index in [2.05, 4.69) is 28.8 Å². The molecule has 2 N–H and O–H groups in total. The number of para-hydroxylation sites is 1. The van der Waals surface area contributed by atoms with Crippen molar-refractivity contribution >= 4 is 22.7 Å². The molecule has 1 aliphatic carbocycles. The van der Waals surface area contributed by atoms with Crippen LogP contribution in [0.1, 0.15) is 36.8 Å². The number of anilines is 2. The van der Waals surface area contributed by atoms with Gasteiger partial charge in [0.15, 0.2) is 11.5 Å². The first-order valence-corrected chi connectivity index (χ1v) is 14.4. The van der Waals surface area contributed by atoms with E-state index < -0.39 is 0 Å². The quantitative estimate of drug-likeness (QED) is 0.219. The Morgan fingerprint density at radius 2 is 1.54 bits per heavy atom. The number of hydrogen-bond donors (Lipinski definition) is 2. The molecule has 0 radical (unpaired) electrons. The molecule has 216 valence electrons. The van der Waals surface area contributed by atoms with Crippen LogP contribution in [0.4, 0.5) is 11.8 Å². The molecule has 5 rings (SSSR count). The van der Waals surface area contributed by atoms with Crippen molar-refractivity contribution in [1.29, 1.82) is 0 Å². The van der Waals surface area contributed by atoms with E-state index in [4.69, 9.17) is 24.2 Å². The molecule has 0 atom stereocenters. The molecule has 0 saturated heterocycles. The molecular formula is C33H41N5O3. The van der Waals surface area contributed by atoms with Gasteiger partial charge in [0.05, 0.1) is 19.7 Å². The lowest BCUT2D eigenvalue weighted by Gasteiger charge is -2.29. The fourth-order valence-electron chi connectivity index (χ4n) is 5.48. The van der Waals surface area contributed by atoms with E-state index in [1.165, 1.54) is 0 Å². The van der Waals surface area contributed by atoms with E-state index in [0.29, 0.717) is 42.6 Å². The molecule has 41 heavy (non-hydrogen) atoms. The Balaban J connectivity index is 1.16. The van der Waals surface area contributed by atoms with E-state index in [0.717, 1.165) is 65.8 Å². The molecule has 0 amide bonds. The SMILES string of the molecule is COc1cc(CNCC2CCC(Nc3nc(N(C)C)c4ccccc4n3)CC2)c(OCc2ccccc2)cc1OC. The summed E-state index contributed by atoms with van der Waals surface area (Å²) in [5.74, 6) is 4.45. The highest BCUT2D eigenvalue weighted by molar-refractivity contribution is 5.90. The molecular weight excluding hydrogens is 514 g/mol. The molecule has 0 spiro atoms. The Labute approximate surface area is 243 Å². The van der Waals surface area contributed by atoms with Crippen LogP contribution < -0.4 is 29.7 Å². The maximum Gasteiger partial charge on any atom is 0.225 e. The van der Waals surface area contributed by atoms with E-state index in [1.54, 1.807) is 14.2 Å². The van der Waals surface area contributed by atoms with Crippen molar-refractivity contribution in [2.75, 3.05) is 45.1 Å². The molecule has 1 fully saturated rings. The summed E-state index contributed by atoms with van der Waals surface area (Å²) < 4.78 is 17.3. The second-order valence-electron chi connectivity index (χ2n) is 10.9. The van der Waals surface area contributed by atoms with Gasteiger partial charge in [0.1, 0.15) is 18.2 Å². The minimum absolute atomic E-state index is 0.381. The fraction of sp³-hybridized carbons (Fsp3) is 0.394. The fourth-order valence-corrected chi connectivity index (χ4v) is 5.48. The Morgan fingerprint density at radius 1 is 0.829 bits per heavy atom. The molecule has 1 heterocycles. The van der Waals surface area contributed by atoms with Crippen LogP contribution >= 0.6 is 0 Å². The normalized spacial score (nSPS) is 16.8. The number of aromatic nitrogens is 2. The van der Waals surface area contributed by atoms with E-state index in [1.807, 2.05) is 67.5 Å². The first-order chi connectivity index (χ1) is 20.0. The highest BCUT2D eigenvalue weighted by Gasteiger charge is 2.22. The number of hydrogen-bond acceptors (Lipinski definition) is 8. The average Bonchev–Trinajstić information content (AvgIpc) is 3.01. The van der Waals surface area contributed by atoms with Crippen molar-refractivity contribution in [2.45, 2.75) is 44.9 Å². The van der Waals surface area contributed by atoms with Gasteiger partial charge in [0.25, 0.3) is 0 Å². The van der Waals surface area contributed by atoms with Gasteiger partial charge in [-0.2, -0.15) is 4.98 Å². The highest BCUT2D eigenvalue weighted by atomic mass is 16.5. The Morgan fingerprint density at radius 3 is 2.27 bits per heavy atom. The predicted molar refractivity (Wildman–Crippen MR) is 165 cm³/mol. The molecule has 4 aromatic rings. The summed E-state index contributed by atoms with van der Waals surface area (Å²) >= 11 is 0. The summed E-state index contributed by atoms with van der Waals surface area (Å²) in [6, 6.07) is 22.7. The van der Waals surface area contributed by atoms with Gasteiger partial charge in [0, 0.05) is 43.7 Å². The van der Waals surface area contributed by atoms with Gasteiger partial charge in [-0.05, 0) is 61.9 Å². The third kappa shape index (κ3) is 7.19. The molecule has 0 bridgehead atoms. The summed E-state index contributed by atoms with van der Waals surface area (Å²) in [4.78, 5) is 11.7. The average molecular weight is 556 g/mol. The van der Waals surface area contributed by atoms with Crippen molar-refractivity contribution in [3.8, 4) is 17.2 Å². The third-order valence-corrected chi connectivity index (χ3v) is 7.74. The van der Waals surface area contributed by atoms with Crippen LogP contribution in [0, 0.1) is 5.92 Å². The van der Waals surface area contributed by atoms with Gasteiger partial charge in [-0.25, -0.2) is 4.98 Å². The van der Waals surface area contributed by atoms with Crippen LogP contribution in [0.5, 0.6) is 17.2 Å². The number of fused-ring (bicyclic) bond motifs is 1. The zero-order valence-electron chi connectivity index (χ0n) is 24.5. The minimum atomic E-state index is 0.381. The van der Waals surface area contributed by atoms with Gasteiger partial charge in [-0.1, -0.05) is 42.5 Å². The van der Waals surface area contributed by atoms with Gasteiger partial charge in [-0.15, -0.1) is 0 Å². The Kier molecular flexibility index (Phi) is 9.41. The van der Waals surface area contributed by atoms with E-state index >= 15 is 0 Å². The summed E-state index contributed by atoms with van der Waals surface area (Å²) in [5, 5.41) is 8.36. The maximum atomic E-state index is 6.23. The molecule has 1 saturated carbocycles. The van der Waals surface area contributed by atoms with E-state index in [-0.39, 0.29) is 0 Å². The lowest BCUT2D eigenvalue weighted by molar-refractivity contribution is 0.293. The zero-order valence-corrected chi connectivity index (χ0v) is 24.5. The van der Waals surface area contributed by atoms with Crippen molar-refractivity contribution in [3.05, 3.63) is 77.9 Å². The van der Waals surface area contributed by atoms with Gasteiger partial charge in [-0.3, -0.25) is 0 Å². The van der Waals surface area contributed by atoms with Crippen LogP contribution in [0.2, 0.25) is 0 Å². The van der Waals surface area contributed by atoms with Crippen molar-refractivity contribution < 1.29 is 14.2 Å². The second kappa shape index (κ2) is 13.5. The van der Waals surface area contributed by atoms with Crippen molar-refractivity contribution in [2.24, 2.45) is 5.92 Å². The summed E-state index contributed by atoms with van der Waals surface area (Å²) in [6.07, 6.45) is 4.51. The Bertz CT molecular complexity index is 1420. The standard InChI is InChI=1S/C33H41N5O3/c1-38(2)32-27-12-8-9-13-28(27)36-33(37-32)35-26-16-14-23(15-17-26)20-34-21-25-18-30(39-3)31(40-4)19-29(25)41-22-24-10-6-5-7-11-24/h5-13,18-19,23,26,34H,14-17,20-22H2,1-4H3,(H,35,36,37). The number of methoxy groups -OCH3 is 2. The highest BCUT2D eigenvalue weighted by Crippen LogP contribution is 2.35. The van der Waals surface area contributed by atoms with Crippen LogP contribution in [-0.2, 0) is 13.2 Å². The summed E-state index contributed by atoms with van der Waals surface area (Å²) in [5.41, 5.74) is 3.14. The van der Waals surface area contributed by atoms with Gasteiger partial charge >= 0.3 is 0 Å². The first-order valence-electron chi connectivity index (χ1n) is 14.4. The topological polar surface area (TPSA) is 80.8 Å². The number of benzene rings is 3. The summed E-state index contributed by atoms with van der Waals surface area (Å²) in [6.45, 7) is 2.15. The molecule has 8 nitrogen and oxygen atoms in total. The summed E-state index contributed by atoms with van der Waals surface area (Å²) in [7, 11) is 7.36. The van der Waals surface area contributed by atoms with Crippen molar-refractivity contribution in [1.82, 2.24) is 15.3 Å². The van der Waals surface area contributed by atoms with E-state index in [9.17, 15) is 0 Å². The number of ether oxygens (including phenoxy) is 3. The van der Waals surface area contributed by atoms with Crippen LogP contribution in [0.3, 0.4) is 0 Å². The van der Waals surface area contributed by atoms with Crippen molar-refractivity contribution in [3.63, 3.8) is 0 Å². The molecule has 1 aromatic heterocycles. The van der Waals surface area contributed by atoms with Gasteiger partial charge < -0.3 is 29.7 Å². The number of nitrogens with zero attached hydrogens (tertiary/aromatic N) is 3. The minimum Gasteiger partial charge on any atom is -0.493 e. The van der Waals surface area contributed by atoms with Gasteiger partial charge in [0.2, 0.25) is 5.95 Å². The molecule has 1 aliphatic rings. The Hall–Kier alpha value is -4.04. The monoisotopic (exact) mass is 555 g/mol. The largest absolute Gasteiger partial charge is 0.493 e. The predicted octanol–water partition coefficient (Wildman–Crippen LogP) is 6.05. The molecule has 8 heteroatoms. The first kappa shape index (κ1) is 28.5. The van der Waals surface area contributed by atoms with Crippen LogP contribution in [0.15, 0.2) is 66.7 Å². The molecule has 3 aromatic carbocycles. The van der Waals surface area contributed by atoms with Crippen LogP contribution in [-0.4, -0.2) is 50.9 Å². The molecule has 0 unspecified atom stereocenters. The maximum absolute atomic E-state index is 6.23. The zero-order chi connectivity index (χ0) is 28.6. The number of rotatable bonds is 12. The number of nitrogens with one attached hydrogen (secondary N) is 2. The lowest BCUT2D eigenvalue weighted by Crippen LogP contribution is -2.31.